The molecule has 0 saturated carbocycles. The number of carbonyl (C=O) groups is 1. The van der Waals surface area contributed by atoms with Gasteiger partial charge in [-0.25, -0.2) is 4.39 Å². The number of carbonyl (C=O) groups excluding carboxylic acids is 1. The second-order valence-corrected chi connectivity index (χ2v) is 7.60. The van der Waals surface area contributed by atoms with Gasteiger partial charge in [-0.15, -0.1) is 0 Å². The van der Waals surface area contributed by atoms with Crippen molar-refractivity contribution >= 4 is 5.91 Å². The van der Waals surface area contributed by atoms with E-state index in [-0.39, 0.29) is 23.7 Å². The number of benzene rings is 2. The quantitative estimate of drug-likeness (QED) is 0.735. The third-order valence-corrected chi connectivity index (χ3v) is 5.14. The lowest BCUT2D eigenvalue weighted by atomic mass is 9.96. The van der Waals surface area contributed by atoms with Crippen LogP contribution in [0.2, 0.25) is 0 Å². The molecule has 29 heavy (non-hydrogen) atoms. The highest BCUT2D eigenvalue weighted by molar-refractivity contribution is 5.79. The lowest BCUT2D eigenvalue weighted by molar-refractivity contribution is -0.127. The van der Waals surface area contributed by atoms with Crippen LogP contribution in [-0.2, 0) is 11.3 Å². The largest absolute Gasteiger partial charge is 0.497 e. The molecule has 1 fully saturated rings. The fourth-order valence-corrected chi connectivity index (χ4v) is 3.56. The first-order valence-electron chi connectivity index (χ1n) is 10.1. The van der Waals surface area contributed by atoms with Gasteiger partial charge in [-0.1, -0.05) is 12.1 Å². The Bertz CT molecular complexity index is 780. The van der Waals surface area contributed by atoms with E-state index in [4.69, 9.17) is 9.47 Å². The number of hydrogen-bond donors (Lipinski definition) is 1. The van der Waals surface area contributed by atoms with Gasteiger partial charge in [-0.2, -0.15) is 0 Å². The van der Waals surface area contributed by atoms with Crippen LogP contribution in [0.4, 0.5) is 4.39 Å². The molecule has 5 nitrogen and oxygen atoms in total. The third-order valence-electron chi connectivity index (χ3n) is 5.14. The van der Waals surface area contributed by atoms with Crippen LogP contribution in [-0.4, -0.2) is 43.7 Å². The van der Waals surface area contributed by atoms with Crippen molar-refractivity contribution in [3.05, 3.63) is 59.9 Å². The van der Waals surface area contributed by atoms with Crippen molar-refractivity contribution in [2.75, 3.05) is 26.8 Å². The fraction of sp³-hybridized carbons (Fsp3) is 0.435. The maximum Gasteiger partial charge on any atom is 0.224 e. The highest BCUT2D eigenvalue weighted by Gasteiger charge is 2.26. The summed E-state index contributed by atoms with van der Waals surface area (Å²) in [6.07, 6.45) is 1.87. The van der Waals surface area contributed by atoms with Crippen LogP contribution < -0.4 is 14.8 Å². The summed E-state index contributed by atoms with van der Waals surface area (Å²) in [6, 6.07) is 13.9. The van der Waals surface area contributed by atoms with Crippen LogP contribution >= 0.6 is 0 Å². The van der Waals surface area contributed by atoms with Crippen molar-refractivity contribution in [2.24, 2.45) is 5.92 Å². The van der Waals surface area contributed by atoms with Gasteiger partial charge in [0.1, 0.15) is 23.9 Å². The summed E-state index contributed by atoms with van der Waals surface area (Å²) in [7, 11) is 1.62. The summed E-state index contributed by atoms with van der Waals surface area (Å²) in [5.74, 6) is 1.33. The zero-order chi connectivity index (χ0) is 20.6. The molecule has 0 radical (unpaired) electrons. The van der Waals surface area contributed by atoms with Gasteiger partial charge in [0.2, 0.25) is 5.91 Å². The van der Waals surface area contributed by atoms with Crippen molar-refractivity contribution in [3.8, 4) is 11.5 Å². The summed E-state index contributed by atoms with van der Waals surface area (Å²) in [4.78, 5) is 14.9. The van der Waals surface area contributed by atoms with Crippen LogP contribution in [0, 0.1) is 11.7 Å². The standard InChI is InChI=1S/C23H29FN2O3/c1-17(16-29-22-11-9-21(28-2)10-12-22)25-23(27)19-4-3-13-26(15-19)14-18-5-7-20(24)8-6-18/h5-12,17,19H,3-4,13-16H2,1-2H3,(H,25,27)/t17-,19-/m1/s1. The Morgan fingerprint density at radius 1 is 1.17 bits per heavy atom. The van der Waals surface area contributed by atoms with E-state index in [2.05, 4.69) is 10.2 Å². The van der Waals surface area contributed by atoms with Crippen molar-refractivity contribution in [2.45, 2.75) is 32.4 Å². The highest BCUT2D eigenvalue weighted by Crippen LogP contribution is 2.20. The number of hydrogen-bond acceptors (Lipinski definition) is 4. The van der Waals surface area contributed by atoms with Crippen LogP contribution in [0.15, 0.2) is 48.5 Å². The average molecular weight is 400 g/mol. The first-order valence-corrected chi connectivity index (χ1v) is 10.1. The normalized spacial score (nSPS) is 18.1. The van der Waals surface area contributed by atoms with Crippen LogP contribution in [0.5, 0.6) is 11.5 Å². The molecule has 0 bridgehead atoms. The predicted molar refractivity (Wildman–Crippen MR) is 110 cm³/mol. The van der Waals surface area contributed by atoms with Gasteiger partial charge < -0.3 is 14.8 Å². The minimum Gasteiger partial charge on any atom is -0.497 e. The second kappa shape index (κ2) is 10.3. The smallest absolute Gasteiger partial charge is 0.224 e. The summed E-state index contributed by atoms with van der Waals surface area (Å²) in [5.41, 5.74) is 1.06. The van der Waals surface area contributed by atoms with Gasteiger partial charge in [0.25, 0.3) is 0 Å². The molecule has 1 aliphatic heterocycles. The number of methoxy groups -OCH3 is 1. The van der Waals surface area contributed by atoms with Gasteiger partial charge in [-0.05, 0) is 68.3 Å². The minimum absolute atomic E-state index is 0.0346. The van der Waals surface area contributed by atoms with E-state index in [1.54, 1.807) is 19.2 Å². The first-order chi connectivity index (χ1) is 14.0. The van der Waals surface area contributed by atoms with Crippen LogP contribution in [0.3, 0.4) is 0 Å². The Labute approximate surface area is 171 Å². The van der Waals surface area contributed by atoms with Crippen molar-refractivity contribution in [1.82, 2.24) is 10.2 Å². The van der Waals surface area contributed by atoms with Gasteiger partial charge in [0.15, 0.2) is 0 Å². The summed E-state index contributed by atoms with van der Waals surface area (Å²) < 4.78 is 24.0. The Morgan fingerprint density at radius 3 is 2.55 bits per heavy atom. The molecular weight excluding hydrogens is 371 g/mol. The lowest BCUT2D eigenvalue weighted by Crippen LogP contribution is -2.46. The molecule has 1 aliphatic rings. The first kappa shape index (κ1) is 21.1. The van der Waals surface area contributed by atoms with Crippen molar-refractivity contribution in [1.29, 1.82) is 0 Å². The number of nitrogens with one attached hydrogen (secondary N) is 1. The summed E-state index contributed by atoms with van der Waals surface area (Å²) >= 11 is 0. The van der Waals surface area contributed by atoms with E-state index in [0.29, 0.717) is 6.61 Å². The molecule has 0 spiro atoms. The SMILES string of the molecule is COc1ccc(OC[C@@H](C)NC(=O)[C@@H]2CCCN(Cc3ccc(F)cc3)C2)cc1. The fourth-order valence-electron chi connectivity index (χ4n) is 3.56. The van der Waals surface area contributed by atoms with E-state index in [0.717, 1.165) is 49.5 Å². The number of rotatable bonds is 8. The average Bonchev–Trinajstić information content (AvgIpc) is 2.74. The van der Waals surface area contributed by atoms with E-state index in [1.165, 1.54) is 12.1 Å². The molecule has 3 rings (SSSR count). The summed E-state index contributed by atoms with van der Waals surface area (Å²) in [5, 5.41) is 3.07. The molecular formula is C23H29FN2O3. The number of halogens is 1. The molecule has 2 atom stereocenters. The summed E-state index contributed by atoms with van der Waals surface area (Å²) in [6.45, 7) is 4.76. The number of amides is 1. The van der Waals surface area contributed by atoms with Crippen molar-refractivity contribution in [3.63, 3.8) is 0 Å². The third kappa shape index (κ3) is 6.46. The molecule has 2 aromatic rings. The number of ether oxygens (including phenoxy) is 2. The minimum atomic E-state index is -0.226. The monoisotopic (exact) mass is 400 g/mol. The van der Waals surface area contributed by atoms with E-state index in [1.807, 2.05) is 31.2 Å². The number of piperidine rings is 1. The van der Waals surface area contributed by atoms with E-state index in [9.17, 15) is 9.18 Å². The highest BCUT2D eigenvalue weighted by atomic mass is 19.1. The molecule has 2 aromatic carbocycles. The van der Waals surface area contributed by atoms with E-state index < -0.39 is 0 Å². The maximum atomic E-state index is 13.1. The van der Waals surface area contributed by atoms with Gasteiger partial charge in [0.05, 0.1) is 19.1 Å². The second-order valence-electron chi connectivity index (χ2n) is 7.60. The van der Waals surface area contributed by atoms with Gasteiger partial charge >= 0.3 is 0 Å². The molecule has 0 aliphatic carbocycles. The zero-order valence-electron chi connectivity index (χ0n) is 17.1. The van der Waals surface area contributed by atoms with Crippen LogP contribution in [0.25, 0.3) is 0 Å². The Balaban J connectivity index is 1.44. The lowest BCUT2D eigenvalue weighted by Gasteiger charge is -2.32. The Hall–Kier alpha value is -2.60. The van der Waals surface area contributed by atoms with Crippen LogP contribution in [0.1, 0.15) is 25.3 Å². The molecule has 1 saturated heterocycles. The topological polar surface area (TPSA) is 50.8 Å². The zero-order valence-corrected chi connectivity index (χ0v) is 17.1. The molecule has 0 unspecified atom stereocenters. The predicted octanol–water partition coefficient (Wildman–Crippen LogP) is 3.63. The maximum absolute atomic E-state index is 13.1. The van der Waals surface area contributed by atoms with Crippen molar-refractivity contribution < 1.29 is 18.7 Å². The molecule has 1 amide bonds. The molecule has 6 heteroatoms. The number of likely N-dealkylation sites (tertiary alicyclic amines) is 1. The van der Waals surface area contributed by atoms with Gasteiger partial charge in [0, 0.05) is 13.1 Å². The van der Waals surface area contributed by atoms with E-state index >= 15 is 0 Å². The number of nitrogens with zero attached hydrogens (tertiary/aromatic N) is 1. The van der Waals surface area contributed by atoms with Gasteiger partial charge in [-0.3, -0.25) is 9.69 Å². The molecule has 0 aromatic heterocycles. The molecule has 156 valence electrons. The Kier molecular flexibility index (Phi) is 7.47. The molecule has 1 N–H and O–H groups in total. The Morgan fingerprint density at radius 2 is 1.86 bits per heavy atom. The molecule has 1 heterocycles.